The zero-order chi connectivity index (χ0) is 33.5. The molecule has 4 N–H and O–H groups in total. The number of imidazole rings is 2. The fourth-order valence-electron chi connectivity index (χ4n) is 6.80. The SMILES string of the molecule is COC(=O)N[C@H](C(=O)N1CCC[C@H]1c1ncc(-c2ccc(-c3csc4c(-c5cnc([C@@H]6CCCN6C(=O)O)[nH]5)csc34)cc2)[nH]1)C(C)C. The van der Waals surface area contributed by atoms with E-state index in [2.05, 4.69) is 60.3 Å². The van der Waals surface area contributed by atoms with Crippen LogP contribution in [0.3, 0.4) is 0 Å². The molecule has 0 bridgehead atoms. The summed E-state index contributed by atoms with van der Waals surface area (Å²) < 4.78 is 7.12. The third kappa shape index (κ3) is 5.83. The number of aromatic nitrogens is 4. The van der Waals surface area contributed by atoms with Crippen LogP contribution < -0.4 is 5.32 Å². The maximum Gasteiger partial charge on any atom is 0.407 e. The van der Waals surface area contributed by atoms with Gasteiger partial charge in [0.1, 0.15) is 17.7 Å². The van der Waals surface area contributed by atoms with Gasteiger partial charge in [-0.05, 0) is 42.7 Å². The number of H-pyrrole nitrogens is 2. The van der Waals surface area contributed by atoms with Gasteiger partial charge in [0.15, 0.2) is 0 Å². The molecule has 2 saturated heterocycles. The molecular weight excluding hydrogens is 651 g/mol. The Kier molecular flexibility index (Phi) is 8.69. The summed E-state index contributed by atoms with van der Waals surface area (Å²) in [5, 5.41) is 16.6. The van der Waals surface area contributed by atoms with Crippen LogP contribution in [-0.4, -0.2) is 79.2 Å². The monoisotopic (exact) mass is 687 g/mol. The molecule has 2 aliphatic rings. The van der Waals surface area contributed by atoms with Crippen molar-refractivity contribution in [2.45, 2.75) is 57.7 Å². The number of carbonyl (C=O) groups is 3. The first-order chi connectivity index (χ1) is 23.2. The number of rotatable bonds is 8. The van der Waals surface area contributed by atoms with Gasteiger partial charge in [0.2, 0.25) is 5.91 Å². The fraction of sp³-hybridized carbons (Fsp3) is 0.382. The summed E-state index contributed by atoms with van der Waals surface area (Å²) in [4.78, 5) is 56.4. The first-order valence-corrected chi connectivity index (χ1v) is 17.8. The molecule has 7 rings (SSSR count). The van der Waals surface area contributed by atoms with Crippen LogP contribution in [0.5, 0.6) is 0 Å². The van der Waals surface area contributed by atoms with Crippen molar-refractivity contribution in [3.63, 3.8) is 0 Å². The summed E-state index contributed by atoms with van der Waals surface area (Å²) in [6, 6.07) is 7.27. The van der Waals surface area contributed by atoms with Gasteiger partial charge >= 0.3 is 12.2 Å². The molecule has 12 nitrogen and oxygen atoms in total. The van der Waals surface area contributed by atoms with E-state index in [0.717, 1.165) is 65.1 Å². The second kappa shape index (κ2) is 13.1. The summed E-state index contributed by atoms with van der Waals surface area (Å²) in [6.45, 7) is 4.94. The van der Waals surface area contributed by atoms with Crippen molar-refractivity contribution >= 4 is 50.2 Å². The molecule has 6 heterocycles. The van der Waals surface area contributed by atoms with E-state index in [9.17, 15) is 19.5 Å². The number of fused-ring (bicyclic) bond motifs is 1. The molecule has 4 aromatic heterocycles. The third-order valence-corrected chi connectivity index (χ3v) is 11.5. The molecular formula is C34H37N7O5S2. The number of ether oxygens (including phenoxy) is 1. The lowest BCUT2D eigenvalue weighted by molar-refractivity contribution is -0.135. The Morgan fingerprint density at radius 3 is 2.08 bits per heavy atom. The number of aromatic amines is 2. The van der Waals surface area contributed by atoms with Crippen LogP contribution in [0.4, 0.5) is 9.59 Å². The Balaban J connectivity index is 1.07. The summed E-state index contributed by atoms with van der Waals surface area (Å²) in [5.41, 5.74) is 6.11. The van der Waals surface area contributed by atoms with E-state index < -0.39 is 18.2 Å². The van der Waals surface area contributed by atoms with Crippen molar-refractivity contribution in [2.24, 2.45) is 5.92 Å². The number of carboxylic acid groups (broad SMARTS) is 1. The average Bonchev–Trinajstić information content (AvgIpc) is 3.91. The Morgan fingerprint density at radius 1 is 0.875 bits per heavy atom. The standard InChI is InChI=1S/C34H37N7O5S2/c1-18(2)27(39-33(43)46-3)32(42)40-12-4-6-25(40)30-35-14-23(37-30)20-10-8-19(9-11-20)21-16-47-29-22(17-48-28(21)29)24-15-36-31(38-24)26-7-5-13-41(26)34(44)45/h8-11,14-18,25-27H,4-7,12-13H2,1-3H3,(H,35,37)(H,36,38)(H,39,43)(H,44,45)/t25-,26-,27-/m0/s1. The van der Waals surface area contributed by atoms with Crippen molar-refractivity contribution < 1.29 is 24.2 Å². The zero-order valence-electron chi connectivity index (χ0n) is 26.9. The topological polar surface area (TPSA) is 157 Å². The molecule has 1 aromatic carbocycles. The molecule has 48 heavy (non-hydrogen) atoms. The molecule has 250 valence electrons. The summed E-state index contributed by atoms with van der Waals surface area (Å²) in [7, 11) is 1.29. The number of methoxy groups -OCH3 is 1. The van der Waals surface area contributed by atoms with Gasteiger partial charge in [0.25, 0.3) is 0 Å². The third-order valence-electron chi connectivity index (χ3n) is 9.33. The molecule has 0 spiro atoms. The van der Waals surface area contributed by atoms with E-state index in [0.29, 0.717) is 18.9 Å². The number of nitrogens with one attached hydrogen (secondary N) is 3. The van der Waals surface area contributed by atoms with Crippen LogP contribution in [0, 0.1) is 5.92 Å². The van der Waals surface area contributed by atoms with Crippen molar-refractivity contribution in [3.8, 4) is 33.6 Å². The molecule has 2 fully saturated rings. The predicted octanol–water partition coefficient (Wildman–Crippen LogP) is 7.27. The summed E-state index contributed by atoms with van der Waals surface area (Å²) in [6.07, 6.45) is 5.34. The molecule has 14 heteroatoms. The number of hydrogen-bond donors (Lipinski definition) is 4. The van der Waals surface area contributed by atoms with Crippen molar-refractivity contribution in [3.05, 3.63) is 59.1 Å². The smallest absolute Gasteiger partial charge is 0.407 e. The lowest BCUT2D eigenvalue weighted by atomic mass is 10.0. The maximum atomic E-state index is 13.5. The number of carbonyl (C=O) groups excluding carboxylic acids is 2. The predicted molar refractivity (Wildman–Crippen MR) is 185 cm³/mol. The maximum absolute atomic E-state index is 13.5. The number of thiophene rings is 2. The molecule has 0 aliphatic carbocycles. The largest absolute Gasteiger partial charge is 0.465 e. The first-order valence-electron chi connectivity index (χ1n) is 16.1. The van der Waals surface area contributed by atoms with Crippen LogP contribution in [0.1, 0.15) is 63.3 Å². The minimum absolute atomic E-state index is 0.0967. The quantitative estimate of drug-likeness (QED) is 0.134. The number of hydrogen-bond acceptors (Lipinski definition) is 8. The Labute approximate surface area is 285 Å². The van der Waals surface area contributed by atoms with Crippen LogP contribution in [-0.2, 0) is 9.53 Å². The van der Waals surface area contributed by atoms with Crippen LogP contribution >= 0.6 is 22.7 Å². The van der Waals surface area contributed by atoms with Gasteiger partial charge in [-0.25, -0.2) is 19.6 Å². The molecule has 2 aliphatic heterocycles. The van der Waals surface area contributed by atoms with Crippen LogP contribution in [0.15, 0.2) is 47.4 Å². The molecule has 0 radical (unpaired) electrons. The number of benzene rings is 1. The van der Waals surface area contributed by atoms with Gasteiger partial charge in [-0.2, -0.15) is 0 Å². The summed E-state index contributed by atoms with van der Waals surface area (Å²) >= 11 is 3.38. The van der Waals surface area contributed by atoms with Crippen molar-refractivity contribution in [2.75, 3.05) is 20.2 Å². The molecule has 0 unspecified atom stereocenters. The van der Waals surface area contributed by atoms with Gasteiger partial charge in [-0.15, -0.1) is 22.7 Å². The first kappa shape index (κ1) is 31.9. The summed E-state index contributed by atoms with van der Waals surface area (Å²) in [5.74, 6) is 1.20. The average molecular weight is 688 g/mol. The van der Waals surface area contributed by atoms with E-state index in [-0.39, 0.29) is 23.9 Å². The van der Waals surface area contributed by atoms with Crippen LogP contribution in [0.2, 0.25) is 0 Å². The molecule has 0 saturated carbocycles. The lowest BCUT2D eigenvalue weighted by Gasteiger charge is -2.30. The highest BCUT2D eigenvalue weighted by atomic mass is 32.1. The molecule has 5 aromatic rings. The Morgan fingerprint density at radius 2 is 1.44 bits per heavy atom. The van der Waals surface area contributed by atoms with E-state index in [1.54, 1.807) is 22.7 Å². The van der Waals surface area contributed by atoms with Gasteiger partial charge in [0, 0.05) is 35.0 Å². The Bertz CT molecular complexity index is 1960. The van der Waals surface area contributed by atoms with Crippen molar-refractivity contribution in [1.29, 1.82) is 0 Å². The fourth-order valence-corrected chi connectivity index (χ4v) is 9.25. The molecule has 3 amide bonds. The van der Waals surface area contributed by atoms with Gasteiger partial charge in [-0.1, -0.05) is 38.1 Å². The number of alkyl carbamates (subject to hydrolysis) is 1. The lowest BCUT2D eigenvalue weighted by Crippen LogP contribution is -2.51. The highest BCUT2D eigenvalue weighted by Crippen LogP contribution is 2.44. The number of nitrogens with zero attached hydrogens (tertiary/aromatic N) is 4. The second-order valence-electron chi connectivity index (χ2n) is 12.6. The van der Waals surface area contributed by atoms with Crippen molar-refractivity contribution in [1.82, 2.24) is 35.1 Å². The highest BCUT2D eigenvalue weighted by molar-refractivity contribution is 7.27. The molecule has 3 atom stereocenters. The van der Waals surface area contributed by atoms with Gasteiger partial charge in [-0.3, -0.25) is 9.69 Å². The minimum Gasteiger partial charge on any atom is -0.465 e. The van der Waals surface area contributed by atoms with E-state index in [1.807, 2.05) is 31.1 Å². The Hall–Kier alpha value is -4.69. The van der Waals surface area contributed by atoms with E-state index in [1.165, 1.54) is 21.4 Å². The number of amides is 3. The second-order valence-corrected chi connectivity index (χ2v) is 14.3. The van der Waals surface area contributed by atoms with Gasteiger partial charge in [0.05, 0.1) is 52.4 Å². The van der Waals surface area contributed by atoms with Crippen LogP contribution in [0.25, 0.3) is 43.0 Å². The minimum atomic E-state index is -0.908. The van der Waals surface area contributed by atoms with E-state index in [4.69, 9.17) is 4.74 Å². The zero-order valence-corrected chi connectivity index (χ0v) is 28.5. The highest BCUT2D eigenvalue weighted by Gasteiger charge is 2.37. The normalized spacial score (nSPS) is 18.6. The number of likely N-dealkylation sites (tertiary alicyclic amines) is 2. The van der Waals surface area contributed by atoms with E-state index >= 15 is 0 Å². The van der Waals surface area contributed by atoms with Gasteiger partial charge < -0.3 is 30.0 Å².